The number of carbonyl (C=O) groups is 1. The van der Waals surface area contributed by atoms with Crippen molar-refractivity contribution >= 4 is 17.5 Å². The molecule has 0 aromatic heterocycles. The zero-order valence-electron chi connectivity index (χ0n) is 11.0. The molecule has 1 amide bonds. The van der Waals surface area contributed by atoms with Gasteiger partial charge in [-0.25, -0.2) is 0 Å². The van der Waals surface area contributed by atoms with Gasteiger partial charge in [-0.2, -0.15) is 0 Å². The molecule has 3 nitrogen and oxygen atoms in total. The van der Waals surface area contributed by atoms with Crippen molar-refractivity contribution in [1.82, 2.24) is 4.90 Å². The molecule has 0 fully saturated rings. The minimum Gasteiger partial charge on any atom is -0.383 e. The van der Waals surface area contributed by atoms with Gasteiger partial charge in [0.1, 0.15) is 0 Å². The van der Waals surface area contributed by atoms with Crippen molar-refractivity contribution in [2.75, 3.05) is 32.7 Å². The number of rotatable bonds is 7. The minimum atomic E-state index is -0.496. The number of methoxy groups -OCH3 is 1. The van der Waals surface area contributed by atoms with Crippen molar-refractivity contribution in [3.63, 3.8) is 0 Å². The van der Waals surface area contributed by atoms with Crippen LogP contribution in [-0.4, -0.2) is 43.5 Å². The maximum Gasteiger partial charge on any atom is 0.229 e. The Bertz CT molecular complexity index is 217. The molecule has 0 aromatic carbocycles. The lowest BCUT2D eigenvalue weighted by molar-refractivity contribution is -0.140. The molecule has 0 rings (SSSR count). The van der Waals surface area contributed by atoms with E-state index in [1.807, 2.05) is 18.7 Å². The maximum absolute atomic E-state index is 12.2. The number of halogens is 1. The summed E-state index contributed by atoms with van der Waals surface area (Å²) < 4.78 is 5.02. The first kappa shape index (κ1) is 15.7. The Kier molecular flexibility index (Phi) is 7.00. The smallest absolute Gasteiger partial charge is 0.229 e. The van der Waals surface area contributed by atoms with Crippen LogP contribution < -0.4 is 0 Å². The van der Waals surface area contributed by atoms with Crippen molar-refractivity contribution in [3.05, 3.63) is 0 Å². The first-order chi connectivity index (χ1) is 7.35. The average molecular weight is 250 g/mol. The normalized spacial score (nSPS) is 11.9. The van der Waals surface area contributed by atoms with Crippen LogP contribution in [0, 0.1) is 11.3 Å². The molecule has 0 unspecified atom stereocenters. The fourth-order valence-electron chi connectivity index (χ4n) is 1.40. The van der Waals surface area contributed by atoms with E-state index in [9.17, 15) is 4.79 Å². The highest BCUT2D eigenvalue weighted by atomic mass is 35.5. The Morgan fingerprint density at radius 1 is 1.44 bits per heavy atom. The molecular weight excluding hydrogens is 226 g/mol. The van der Waals surface area contributed by atoms with Crippen LogP contribution in [0.2, 0.25) is 0 Å². The van der Waals surface area contributed by atoms with Crippen molar-refractivity contribution in [2.24, 2.45) is 11.3 Å². The van der Waals surface area contributed by atoms with Gasteiger partial charge in [0.05, 0.1) is 12.0 Å². The Morgan fingerprint density at radius 2 is 2.00 bits per heavy atom. The van der Waals surface area contributed by atoms with Crippen LogP contribution in [0.15, 0.2) is 0 Å². The minimum absolute atomic E-state index is 0.105. The zero-order valence-corrected chi connectivity index (χ0v) is 11.8. The molecule has 0 heterocycles. The summed E-state index contributed by atoms with van der Waals surface area (Å²) in [5, 5.41) is 0. The van der Waals surface area contributed by atoms with E-state index in [0.29, 0.717) is 24.9 Å². The number of ether oxygens (including phenoxy) is 1. The lowest BCUT2D eigenvalue weighted by Crippen LogP contribution is -2.45. The summed E-state index contributed by atoms with van der Waals surface area (Å²) in [4.78, 5) is 14.1. The van der Waals surface area contributed by atoms with Crippen LogP contribution >= 0.6 is 11.6 Å². The third-order valence-electron chi connectivity index (χ3n) is 2.35. The molecular formula is C12H24ClNO2. The molecule has 0 saturated carbocycles. The van der Waals surface area contributed by atoms with Gasteiger partial charge in [0.2, 0.25) is 5.91 Å². The summed E-state index contributed by atoms with van der Waals surface area (Å²) in [6.45, 7) is 9.90. The summed E-state index contributed by atoms with van der Waals surface area (Å²) in [6, 6.07) is 0. The van der Waals surface area contributed by atoms with E-state index in [4.69, 9.17) is 16.3 Å². The number of hydrogen-bond acceptors (Lipinski definition) is 2. The SMILES string of the molecule is COCCN(CC(C)C)C(=O)C(C)(C)CCl. The predicted molar refractivity (Wildman–Crippen MR) is 67.8 cm³/mol. The molecule has 16 heavy (non-hydrogen) atoms. The Balaban J connectivity index is 4.54. The van der Waals surface area contributed by atoms with E-state index in [0.717, 1.165) is 6.54 Å². The van der Waals surface area contributed by atoms with E-state index in [1.165, 1.54) is 0 Å². The lowest BCUT2D eigenvalue weighted by Gasteiger charge is -2.31. The Morgan fingerprint density at radius 3 is 2.38 bits per heavy atom. The van der Waals surface area contributed by atoms with E-state index < -0.39 is 5.41 Å². The van der Waals surface area contributed by atoms with Crippen molar-refractivity contribution in [3.8, 4) is 0 Å². The molecule has 0 aliphatic rings. The van der Waals surface area contributed by atoms with E-state index in [-0.39, 0.29) is 5.91 Å². The first-order valence-corrected chi connectivity index (χ1v) is 6.23. The van der Waals surface area contributed by atoms with Gasteiger partial charge >= 0.3 is 0 Å². The molecule has 0 aliphatic carbocycles. The van der Waals surface area contributed by atoms with Gasteiger partial charge < -0.3 is 9.64 Å². The predicted octanol–water partition coefficient (Wildman–Crippen LogP) is 2.38. The van der Waals surface area contributed by atoms with Crippen LogP contribution in [-0.2, 0) is 9.53 Å². The second kappa shape index (κ2) is 7.13. The standard InChI is InChI=1S/C12H24ClNO2/c1-10(2)8-14(6-7-16-5)11(15)12(3,4)9-13/h10H,6-9H2,1-5H3. The van der Waals surface area contributed by atoms with E-state index in [2.05, 4.69) is 13.8 Å². The van der Waals surface area contributed by atoms with Crippen molar-refractivity contribution in [1.29, 1.82) is 0 Å². The summed E-state index contributed by atoms with van der Waals surface area (Å²) in [7, 11) is 1.64. The highest BCUT2D eigenvalue weighted by Gasteiger charge is 2.31. The molecule has 0 radical (unpaired) electrons. The van der Waals surface area contributed by atoms with Crippen molar-refractivity contribution in [2.45, 2.75) is 27.7 Å². The van der Waals surface area contributed by atoms with Gasteiger partial charge in [-0.1, -0.05) is 13.8 Å². The summed E-state index contributed by atoms with van der Waals surface area (Å²) >= 11 is 5.82. The quantitative estimate of drug-likeness (QED) is 0.649. The molecule has 0 spiro atoms. The first-order valence-electron chi connectivity index (χ1n) is 5.69. The molecule has 0 aromatic rings. The van der Waals surface area contributed by atoms with Crippen LogP contribution in [0.4, 0.5) is 0 Å². The third-order valence-corrected chi connectivity index (χ3v) is 3.02. The van der Waals surface area contributed by atoms with Gasteiger partial charge in [-0.05, 0) is 19.8 Å². The monoisotopic (exact) mass is 249 g/mol. The number of hydrogen-bond donors (Lipinski definition) is 0. The second-order valence-corrected chi connectivity index (χ2v) is 5.42. The fourth-order valence-corrected chi connectivity index (χ4v) is 1.52. The molecule has 0 atom stereocenters. The second-order valence-electron chi connectivity index (χ2n) is 5.16. The van der Waals surface area contributed by atoms with Gasteiger partial charge in [0.25, 0.3) is 0 Å². The molecule has 0 bridgehead atoms. The van der Waals surface area contributed by atoms with Crippen LogP contribution in [0.5, 0.6) is 0 Å². The number of amides is 1. The lowest BCUT2D eigenvalue weighted by atomic mass is 9.94. The number of carbonyl (C=O) groups excluding carboxylic acids is 1. The summed E-state index contributed by atoms with van der Waals surface area (Å²) in [6.07, 6.45) is 0. The van der Waals surface area contributed by atoms with Crippen LogP contribution in [0.25, 0.3) is 0 Å². The summed E-state index contributed by atoms with van der Waals surface area (Å²) in [5.41, 5.74) is -0.496. The molecule has 0 saturated heterocycles. The fraction of sp³-hybridized carbons (Fsp3) is 0.917. The summed E-state index contributed by atoms with van der Waals surface area (Å²) in [5.74, 6) is 0.896. The Hall–Kier alpha value is -0.280. The highest BCUT2D eigenvalue weighted by Crippen LogP contribution is 2.21. The molecule has 4 heteroatoms. The maximum atomic E-state index is 12.2. The molecule has 96 valence electrons. The van der Waals surface area contributed by atoms with Gasteiger partial charge in [0, 0.05) is 26.1 Å². The third kappa shape index (κ3) is 5.17. The number of alkyl halides is 1. The number of nitrogens with zero attached hydrogens (tertiary/aromatic N) is 1. The van der Waals surface area contributed by atoms with Gasteiger partial charge in [-0.15, -0.1) is 11.6 Å². The van der Waals surface area contributed by atoms with E-state index >= 15 is 0 Å². The van der Waals surface area contributed by atoms with E-state index in [1.54, 1.807) is 7.11 Å². The topological polar surface area (TPSA) is 29.5 Å². The largest absolute Gasteiger partial charge is 0.383 e. The Labute approximate surface area is 104 Å². The van der Waals surface area contributed by atoms with Crippen molar-refractivity contribution < 1.29 is 9.53 Å². The highest BCUT2D eigenvalue weighted by molar-refractivity contribution is 6.19. The van der Waals surface area contributed by atoms with Crippen LogP contribution in [0.3, 0.4) is 0 Å². The average Bonchev–Trinajstić information content (AvgIpc) is 2.22. The molecule has 0 aliphatic heterocycles. The van der Waals surface area contributed by atoms with Crippen LogP contribution in [0.1, 0.15) is 27.7 Å². The molecule has 0 N–H and O–H groups in total. The zero-order chi connectivity index (χ0) is 12.8. The van der Waals surface area contributed by atoms with Gasteiger partial charge in [0.15, 0.2) is 0 Å². The van der Waals surface area contributed by atoms with Gasteiger partial charge in [-0.3, -0.25) is 4.79 Å².